The van der Waals surface area contributed by atoms with Crippen LogP contribution in [0.2, 0.25) is 0 Å². The first-order valence-corrected chi connectivity index (χ1v) is 6.49. The van der Waals surface area contributed by atoms with E-state index in [1.54, 1.807) is 11.3 Å². The minimum Gasteiger partial charge on any atom is -0.328 e. The molecule has 1 aliphatic heterocycles. The number of hydrogen-bond acceptors (Lipinski definition) is 4. The Balaban J connectivity index is 0.00000128. The molecule has 2 N–H and O–H groups in total. The van der Waals surface area contributed by atoms with Crippen molar-refractivity contribution < 1.29 is 0 Å². The molecule has 0 spiro atoms. The van der Waals surface area contributed by atoms with E-state index in [0.717, 1.165) is 13.1 Å². The fraction of sp³-hybridized carbons (Fsp3) is 0.727. The van der Waals surface area contributed by atoms with Crippen molar-refractivity contribution in [2.75, 3.05) is 13.1 Å². The normalized spacial score (nSPS) is 23.8. The smallest absolute Gasteiger partial charge is 0.0794 e. The first-order valence-electron chi connectivity index (χ1n) is 5.61. The van der Waals surface area contributed by atoms with E-state index in [1.165, 1.54) is 24.3 Å². The Labute approximate surface area is 107 Å². The number of piperidine rings is 1. The number of hydrogen-bond donors (Lipinski definition) is 1. The van der Waals surface area contributed by atoms with Crippen LogP contribution in [0.1, 0.15) is 24.6 Å². The first kappa shape index (κ1) is 13.9. The van der Waals surface area contributed by atoms with Gasteiger partial charge in [-0.05, 0) is 32.2 Å². The Kier molecular flexibility index (Phi) is 5.69. The summed E-state index contributed by atoms with van der Waals surface area (Å²) < 4.78 is 0. The van der Waals surface area contributed by atoms with Crippen LogP contribution in [-0.4, -0.2) is 29.0 Å². The van der Waals surface area contributed by atoms with Crippen LogP contribution in [0, 0.1) is 5.92 Å². The molecule has 1 saturated heterocycles. The van der Waals surface area contributed by atoms with E-state index in [1.807, 2.05) is 11.7 Å². The predicted molar refractivity (Wildman–Crippen MR) is 71.0 cm³/mol. The van der Waals surface area contributed by atoms with Crippen molar-refractivity contribution in [1.82, 2.24) is 9.88 Å². The van der Waals surface area contributed by atoms with Gasteiger partial charge in [0.1, 0.15) is 0 Å². The molecule has 0 aromatic carbocycles. The molecule has 1 aromatic rings. The summed E-state index contributed by atoms with van der Waals surface area (Å²) in [6.07, 6.45) is 4.54. The van der Waals surface area contributed by atoms with Gasteiger partial charge in [0.15, 0.2) is 0 Å². The van der Waals surface area contributed by atoms with Crippen LogP contribution in [0.15, 0.2) is 11.7 Å². The molecule has 1 aromatic heterocycles. The number of thiazole rings is 1. The highest BCUT2D eigenvalue weighted by Crippen LogP contribution is 2.21. The molecule has 1 aliphatic rings. The van der Waals surface area contributed by atoms with Crippen LogP contribution < -0.4 is 5.73 Å². The summed E-state index contributed by atoms with van der Waals surface area (Å²) in [7, 11) is 0. The van der Waals surface area contributed by atoms with E-state index >= 15 is 0 Å². The largest absolute Gasteiger partial charge is 0.328 e. The van der Waals surface area contributed by atoms with Crippen LogP contribution in [0.4, 0.5) is 0 Å². The Bertz CT molecular complexity index is 289. The number of nitrogens with zero attached hydrogens (tertiary/aromatic N) is 2. The monoisotopic (exact) mass is 261 g/mol. The molecular weight excluding hydrogens is 242 g/mol. The lowest BCUT2D eigenvalue weighted by Crippen LogP contribution is -2.41. The van der Waals surface area contributed by atoms with Gasteiger partial charge in [-0.2, -0.15) is 0 Å². The molecule has 0 aliphatic carbocycles. The van der Waals surface area contributed by atoms with Crippen LogP contribution in [-0.2, 0) is 6.54 Å². The van der Waals surface area contributed by atoms with Crippen molar-refractivity contribution in [1.29, 1.82) is 0 Å². The molecular formula is C11H20ClN3S. The Hall–Kier alpha value is -0.160. The molecule has 2 rings (SSSR count). The van der Waals surface area contributed by atoms with Gasteiger partial charge in [0.25, 0.3) is 0 Å². The number of likely N-dealkylation sites (tertiary alicyclic amines) is 1. The molecule has 2 heterocycles. The molecule has 5 heteroatoms. The maximum absolute atomic E-state index is 5.97. The highest BCUT2D eigenvalue weighted by molar-refractivity contribution is 7.09. The van der Waals surface area contributed by atoms with Crippen LogP contribution >= 0.6 is 23.7 Å². The maximum Gasteiger partial charge on any atom is 0.0794 e. The number of rotatable bonds is 3. The van der Waals surface area contributed by atoms with Crippen molar-refractivity contribution >= 4 is 23.7 Å². The first-order chi connectivity index (χ1) is 7.25. The highest BCUT2D eigenvalue weighted by atomic mass is 35.5. The van der Waals surface area contributed by atoms with Crippen molar-refractivity contribution in [2.24, 2.45) is 11.7 Å². The average Bonchev–Trinajstić information content (AvgIpc) is 2.71. The second-order valence-corrected chi connectivity index (χ2v) is 5.44. The van der Waals surface area contributed by atoms with E-state index in [9.17, 15) is 0 Å². The second kappa shape index (κ2) is 6.55. The zero-order valence-electron chi connectivity index (χ0n) is 9.63. The molecule has 0 bridgehead atoms. The van der Waals surface area contributed by atoms with Crippen molar-refractivity contribution in [3.63, 3.8) is 0 Å². The van der Waals surface area contributed by atoms with Gasteiger partial charge in [-0.25, -0.2) is 0 Å². The minimum atomic E-state index is 0. The average molecular weight is 262 g/mol. The van der Waals surface area contributed by atoms with E-state index in [-0.39, 0.29) is 12.4 Å². The van der Waals surface area contributed by atoms with E-state index in [4.69, 9.17) is 5.73 Å². The zero-order chi connectivity index (χ0) is 10.7. The van der Waals surface area contributed by atoms with Crippen molar-refractivity contribution in [3.8, 4) is 0 Å². The van der Waals surface area contributed by atoms with Gasteiger partial charge in [0, 0.05) is 30.2 Å². The van der Waals surface area contributed by atoms with Crippen LogP contribution in [0.5, 0.6) is 0 Å². The summed E-state index contributed by atoms with van der Waals surface area (Å²) in [5.41, 5.74) is 7.87. The standard InChI is InChI=1S/C11H19N3S.ClH/c1-9(12)10-3-2-4-14(6-10)7-11-5-13-8-15-11;/h5,8-10H,2-4,6-7,12H2,1H3;1H. The lowest BCUT2D eigenvalue weighted by Gasteiger charge is -2.34. The fourth-order valence-corrected chi connectivity index (χ4v) is 2.84. The predicted octanol–water partition coefficient (Wildman–Crippen LogP) is 2.12. The molecule has 0 radical (unpaired) electrons. The summed E-state index contributed by atoms with van der Waals surface area (Å²) in [5.74, 6) is 0.673. The lowest BCUT2D eigenvalue weighted by molar-refractivity contribution is 0.155. The molecule has 2 unspecified atom stereocenters. The summed E-state index contributed by atoms with van der Waals surface area (Å²) in [4.78, 5) is 7.98. The number of nitrogens with two attached hydrogens (primary N) is 1. The summed E-state index contributed by atoms with van der Waals surface area (Å²) in [5, 5.41) is 0. The Morgan fingerprint density at radius 1 is 1.69 bits per heavy atom. The summed E-state index contributed by atoms with van der Waals surface area (Å²) in [6.45, 7) is 5.53. The molecule has 0 amide bonds. The van der Waals surface area contributed by atoms with Gasteiger partial charge in [-0.15, -0.1) is 23.7 Å². The van der Waals surface area contributed by atoms with Gasteiger partial charge in [-0.1, -0.05) is 0 Å². The van der Waals surface area contributed by atoms with E-state index in [0.29, 0.717) is 12.0 Å². The Morgan fingerprint density at radius 2 is 2.50 bits per heavy atom. The van der Waals surface area contributed by atoms with Crippen LogP contribution in [0.3, 0.4) is 0 Å². The van der Waals surface area contributed by atoms with Gasteiger partial charge < -0.3 is 5.73 Å². The lowest BCUT2D eigenvalue weighted by atomic mass is 9.92. The highest BCUT2D eigenvalue weighted by Gasteiger charge is 2.22. The van der Waals surface area contributed by atoms with Gasteiger partial charge in [0.2, 0.25) is 0 Å². The molecule has 2 atom stereocenters. The summed E-state index contributed by atoms with van der Waals surface area (Å²) >= 11 is 1.74. The SMILES string of the molecule is CC(N)C1CCCN(Cc2cncs2)C1.Cl. The third-order valence-corrected chi connectivity index (χ3v) is 3.91. The fourth-order valence-electron chi connectivity index (χ4n) is 2.20. The summed E-state index contributed by atoms with van der Waals surface area (Å²) in [6, 6.07) is 0.328. The van der Waals surface area contributed by atoms with Gasteiger partial charge in [-0.3, -0.25) is 9.88 Å². The molecule has 3 nitrogen and oxygen atoms in total. The third kappa shape index (κ3) is 3.70. The number of aromatic nitrogens is 1. The zero-order valence-corrected chi connectivity index (χ0v) is 11.3. The third-order valence-electron chi connectivity index (χ3n) is 3.15. The topological polar surface area (TPSA) is 42.1 Å². The van der Waals surface area contributed by atoms with E-state index < -0.39 is 0 Å². The maximum atomic E-state index is 5.97. The minimum absolute atomic E-state index is 0. The van der Waals surface area contributed by atoms with Crippen LogP contribution in [0.25, 0.3) is 0 Å². The molecule has 1 fully saturated rings. The molecule has 92 valence electrons. The van der Waals surface area contributed by atoms with Gasteiger partial charge in [0.05, 0.1) is 5.51 Å². The van der Waals surface area contributed by atoms with Crippen molar-refractivity contribution in [3.05, 3.63) is 16.6 Å². The van der Waals surface area contributed by atoms with E-state index in [2.05, 4.69) is 16.8 Å². The second-order valence-electron chi connectivity index (χ2n) is 4.46. The van der Waals surface area contributed by atoms with Crippen molar-refractivity contribution in [2.45, 2.75) is 32.4 Å². The van der Waals surface area contributed by atoms with Gasteiger partial charge >= 0.3 is 0 Å². The Morgan fingerprint density at radius 3 is 3.12 bits per heavy atom. The molecule has 16 heavy (non-hydrogen) atoms. The molecule has 0 saturated carbocycles. The number of halogens is 1. The quantitative estimate of drug-likeness (QED) is 0.906.